The highest BCUT2D eigenvalue weighted by Crippen LogP contribution is 2.43. The normalized spacial score (nSPS) is 11.5. The van der Waals surface area contributed by atoms with Crippen molar-refractivity contribution in [3.05, 3.63) is 249 Å². The Bertz CT molecular complexity index is 3840. The van der Waals surface area contributed by atoms with Crippen LogP contribution in [0.25, 0.3) is 123 Å². The van der Waals surface area contributed by atoms with E-state index >= 15 is 0 Å². The Morgan fingerprint density at radius 3 is 1.28 bits per heavy atom. The number of benzene rings is 10. The molecule has 0 saturated carbocycles. The fourth-order valence-electron chi connectivity index (χ4n) is 10.0. The topological polar surface area (TPSA) is 48.5 Å². The molecule has 10 aromatic carbocycles. The lowest BCUT2D eigenvalue weighted by molar-refractivity contribution is 1.06. The van der Waals surface area contributed by atoms with Gasteiger partial charge in [-0.3, -0.25) is 0 Å². The van der Waals surface area contributed by atoms with Gasteiger partial charge >= 0.3 is 0 Å². The van der Waals surface area contributed by atoms with Gasteiger partial charge in [-0.1, -0.05) is 188 Å². The first kappa shape index (κ1) is 39.2. The minimum Gasteiger partial charge on any atom is -0.309 e. The molecule has 5 heteroatoms. The van der Waals surface area contributed by atoms with E-state index in [9.17, 15) is 0 Å². The molecule has 3 aromatic heterocycles. The zero-order valence-corrected chi connectivity index (χ0v) is 36.9. The van der Waals surface area contributed by atoms with Gasteiger partial charge in [0.2, 0.25) is 0 Å². The van der Waals surface area contributed by atoms with Gasteiger partial charge in [0.1, 0.15) is 0 Å². The maximum absolute atomic E-state index is 5.39. The zero-order chi connectivity index (χ0) is 45.0. The van der Waals surface area contributed by atoms with E-state index in [0.717, 1.165) is 72.4 Å². The Morgan fingerprint density at radius 2 is 0.706 bits per heavy atom. The molecular formula is C63H41N5. The first-order chi connectivity index (χ1) is 33.7. The van der Waals surface area contributed by atoms with E-state index in [4.69, 9.17) is 15.0 Å². The maximum atomic E-state index is 5.39. The summed E-state index contributed by atoms with van der Waals surface area (Å²) in [6.45, 7) is 0. The highest BCUT2D eigenvalue weighted by molar-refractivity contribution is 6.16. The summed E-state index contributed by atoms with van der Waals surface area (Å²) in [5, 5.41) is 4.71. The molecule has 0 fully saturated rings. The van der Waals surface area contributed by atoms with Crippen molar-refractivity contribution in [3.63, 3.8) is 0 Å². The first-order valence-electron chi connectivity index (χ1n) is 23.0. The lowest BCUT2D eigenvalue weighted by Crippen LogP contribution is -2.04. The van der Waals surface area contributed by atoms with Crippen molar-refractivity contribution in [3.8, 4) is 78.9 Å². The molecule has 0 bridgehead atoms. The number of hydrogen-bond donors (Lipinski definition) is 0. The van der Waals surface area contributed by atoms with Crippen molar-refractivity contribution in [1.82, 2.24) is 24.1 Å². The number of nitrogens with zero attached hydrogens (tertiary/aromatic N) is 5. The molecular weight excluding hydrogens is 827 g/mol. The quantitative estimate of drug-likeness (QED) is 0.153. The highest BCUT2D eigenvalue weighted by Gasteiger charge is 2.23. The van der Waals surface area contributed by atoms with Gasteiger partial charge in [0.05, 0.1) is 27.8 Å². The minimum atomic E-state index is 0.588. The Balaban J connectivity index is 1.12. The van der Waals surface area contributed by atoms with Crippen LogP contribution in [0, 0.1) is 0 Å². The molecule has 318 valence electrons. The van der Waals surface area contributed by atoms with Crippen LogP contribution in [0.3, 0.4) is 0 Å². The summed E-state index contributed by atoms with van der Waals surface area (Å²) in [6, 6.07) is 88.3. The fraction of sp³-hybridized carbons (Fsp3) is 0. The van der Waals surface area contributed by atoms with E-state index in [1.165, 1.54) is 32.7 Å². The summed E-state index contributed by atoms with van der Waals surface area (Å²) < 4.78 is 4.78. The van der Waals surface area contributed by atoms with Crippen LogP contribution < -0.4 is 0 Å². The van der Waals surface area contributed by atoms with Gasteiger partial charge < -0.3 is 9.13 Å². The predicted octanol–water partition coefficient (Wildman–Crippen LogP) is 16.1. The van der Waals surface area contributed by atoms with Gasteiger partial charge in [0.25, 0.3) is 0 Å². The number of aromatic nitrogens is 5. The lowest BCUT2D eigenvalue weighted by atomic mass is 9.96. The summed E-state index contributed by atoms with van der Waals surface area (Å²) in [4.78, 5) is 15.9. The average Bonchev–Trinajstić information content (AvgIpc) is 3.94. The summed E-state index contributed by atoms with van der Waals surface area (Å²) in [5.74, 6) is 1.81. The van der Waals surface area contributed by atoms with Crippen LogP contribution in [0.1, 0.15) is 0 Å². The molecule has 5 nitrogen and oxygen atoms in total. The van der Waals surface area contributed by atoms with Crippen LogP contribution in [0.15, 0.2) is 249 Å². The first-order valence-corrected chi connectivity index (χ1v) is 23.0. The standard InChI is InChI=1S/C63H41N5/c1-6-19-42(20-7-1)46-33-36-56-52(39-46)53-40-47(43-21-8-2-9-22-43)34-37-57(53)68(56)58-38-35-48(50-30-18-32-59-60(50)51-29-16-17-31-55(51)67(59)49-27-14-5-15-28-49)41-54(58)63-65-61(44-23-10-3-11-24-44)64-62(66-63)45-25-12-4-13-26-45/h1-41H. The molecule has 0 saturated heterocycles. The molecule has 68 heavy (non-hydrogen) atoms. The molecule has 0 amide bonds. The molecule has 0 aliphatic rings. The fourth-order valence-corrected chi connectivity index (χ4v) is 10.0. The molecule has 0 unspecified atom stereocenters. The number of hydrogen-bond acceptors (Lipinski definition) is 3. The molecule has 0 radical (unpaired) electrons. The van der Waals surface area contributed by atoms with Gasteiger partial charge in [-0.15, -0.1) is 0 Å². The van der Waals surface area contributed by atoms with E-state index in [-0.39, 0.29) is 0 Å². The van der Waals surface area contributed by atoms with Crippen molar-refractivity contribution in [1.29, 1.82) is 0 Å². The molecule has 13 rings (SSSR count). The summed E-state index contributed by atoms with van der Waals surface area (Å²) >= 11 is 0. The van der Waals surface area contributed by atoms with E-state index in [0.29, 0.717) is 17.5 Å². The van der Waals surface area contributed by atoms with Crippen LogP contribution >= 0.6 is 0 Å². The van der Waals surface area contributed by atoms with Gasteiger partial charge in [-0.25, -0.2) is 15.0 Å². The SMILES string of the molecule is c1ccc(-c2ccc3c(c2)c2cc(-c4ccccc4)ccc2n3-c2ccc(-c3cccc4c3c3ccccc3n4-c3ccccc3)cc2-c2nc(-c3ccccc3)nc(-c3ccccc3)n2)cc1. The average molecular weight is 868 g/mol. The second-order valence-corrected chi connectivity index (χ2v) is 17.2. The zero-order valence-electron chi connectivity index (χ0n) is 36.9. The monoisotopic (exact) mass is 867 g/mol. The summed E-state index contributed by atoms with van der Waals surface area (Å²) in [5.41, 5.74) is 16.2. The minimum absolute atomic E-state index is 0.588. The molecule has 0 spiro atoms. The number of fused-ring (bicyclic) bond motifs is 6. The van der Waals surface area contributed by atoms with Crippen LogP contribution in [-0.4, -0.2) is 24.1 Å². The van der Waals surface area contributed by atoms with Crippen LogP contribution in [-0.2, 0) is 0 Å². The second-order valence-electron chi connectivity index (χ2n) is 17.2. The van der Waals surface area contributed by atoms with E-state index in [2.05, 4.69) is 221 Å². The maximum Gasteiger partial charge on any atom is 0.166 e. The van der Waals surface area contributed by atoms with Crippen molar-refractivity contribution < 1.29 is 0 Å². The Labute approximate surface area is 393 Å². The van der Waals surface area contributed by atoms with Gasteiger partial charge in [0.15, 0.2) is 17.5 Å². The molecule has 0 aliphatic carbocycles. The van der Waals surface area contributed by atoms with Crippen molar-refractivity contribution in [2.45, 2.75) is 0 Å². The third kappa shape index (κ3) is 6.68. The second kappa shape index (κ2) is 16.4. The van der Waals surface area contributed by atoms with Gasteiger partial charge in [-0.05, 0) is 94.0 Å². The van der Waals surface area contributed by atoms with Crippen LogP contribution in [0.5, 0.6) is 0 Å². The predicted molar refractivity (Wildman–Crippen MR) is 281 cm³/mol. The molecule has 0 atom stereocenters. The van der Waals surface area contributed by atoms with Crippen molar-refractivity contribution in [2.24, 2.45) is 0 Å². The third-order valence-corrected chi connectivity index (χ3v) is 13.2. The number of rotatable bonds is 8. The van der Waals surface area contributed by atoms with Crippen LogP contribution in [0.2, 0.25) is 0 Å². The van der Waals surface area contributed by atoms with E-state index < -0.39 is 0 Å². The Kier molecular flexibility index (Phi) is 9.43. The molecule has 0 aliphatic heterocycles. The molecule has 0 N–H and O–H groups in total. The van der Waals surface area contributed by atoms with Crippen molar-refractivity contribution in [2.75, 3.05) is 0 Å². The smallest absolute Gasteiger partial charge is 0.166 e. The largest absolute Gasteiger partial charge is 0.309 e. The lowest BCUT2D eigenvalue weighted by Gasteiger charge is -2.17. The highest BCUT2D eigenvalue weighted by atomic mass is 15.1. The molecule has 3 heterocycles. The molecule has 13 aromatic rings. The Morgan fingerprint density at radius 1 is 0.250 bits per heavy atom. The van der Waals surface area contributed by atoms with Crippen molar-refractivity contribution >= 4 is 43.6 Å². The van der Waals surface area contributed by atoms with Gasteiger partial charge in [0, 0.05) is 43.9 Å². The van der Waals surface area contributed by atoms with E-state index in [1.54, 1.807) is 0 Å². The summed E-state index contributed by atoms with van der Waals surface area (Å²) in [7, 11) is 0. The summed E-state index contributed by atoms with van der Waals surface area (Å²) in [6.07, 6.45) is 0. The number of para-hydroxylation sites is 2. The Hall–Kier alpha value is -9.19. The third-order valence-electron chi connectivity index (χ3n) is 13.2. The van der Waals surface area contributed by atoms with E-state index in [1.807, 2.05) is 36.4 Å². The van der Waals surface area contributed by atoms with Crippen LogP contribution in [0.4, 0.5) is 0 Å². The van der Waals surface area contributed by atoms with Gasteiger partial charge in [-0.2, -0.15) is 0 Å².